The fourth-order valence-corrected chi connectivity index (χ4v) is 14.7. The molecule has 16 rings (SSSR count). The molecule has 2 aliphatic carbocycles. The van der Waals surface area contributed by atoms with E-state index in [1.807, 2.05) is 17.4 Å². The van der Waals surface area contributed by atoms with Crippen LogP contribution in [0.3, 0.4) is 0 Å². The van der Waals surface area contributed by atoms with Gasteiger partial charge in [0, 0.05) is 75.9 Å². The third-order valence-corrected chi connectivity index (χ3v) is 17.8. The van der Waals surface area contributed by atoms with Crippen molar-refractivity contribution in [2.75, 3.05) is 0 Å². The van der Waals surface area contributed by atoms with Gasteiger partial charge in [-0.15, -0.1) is 11.3 Å². The predicted molar refractivity (Wildman–Crippen MR) is 297 cm³/mol. The van der Waals surface area contributed by atoms with Gasteiger partial charge in [0.05, 0.1) is 33.2 Å². The normalized spacial score (nSPS) is 19.2. The number of nitrogens with zero attached hydrogens (tertiary/aromatic N) is 5. The maximum absolute atomic E-state index is 7.23. The van der Waals surface area contributed by atoms with Crippen molar-refractivity contribution in [3.8, 4) is 45.3 Å². The fraction of sp³-hybridized carbons (Fsp3) is 0.123. The molecule has 72 heavy (non-hydrogen) atoms. The Bertz CT molecular complexity index is 4600. The molecule has 0 saturated carbocycles. The Labute approximate surface area is 418 Å². The minimum Gasteiger partial charge on any atom is -0.453 e. The third kappa shape index (κ3) is 5.25. The molecule has 0 N–H and O–H groups in total. The average Bonchev–Trinajstić information content (AvgIpc) is 4.19. The topological polar surface area (TPSA) is 61.7 Å². The van der Waals surface area contributed by atoms with Crippen molar-refractivity contribution < 1.29 is 4.42 Å². The SMILES string of the molecule is CC1C=CC2(C)C3=C1C(C)c1c(n(c4ccc(-n5c6ccccc6c6cc(-c7cccc8c7sc7ccccc78)ccc65)cc14)-c1cccc4c1oc1c(cccc14)-c1nc(-c4ccccc4)nc2n1)C3C. The van der Waals surface area contributed by atoms with E-state index < -0.39 is 5.41 Å². The molecule has 13 aromatic rings. The highest BCUT2D eigenvalue weighted by Crippen LogP contribution is 2.58. The lowest BCUT2D eigenvalue weighted by molar-refractivity contribution is 0.512. The Kier molecular flexibility index (Phi) is 8.05. The van der Waals surface area contributed by atoms with Gasteiger partial charge in [0.25, 0.3) is 0 Å². The molecule has 6 bridgehead atoms. The number of aromatic nitrogens is 5. The molecule has 8 aromatic carbocycles. The molecule has 0 radical (unpaired) electrons. The molecular formula is C65H45N5OS. The number of furan rings is 1. The Hall–Kier alpha value is -8.39. The van der Waals surface area contributed by atoms with E-state index in [0.29, 0.717) is 11.6 Å². The number of allylic oxidation sites excluding steroid dienone is 4. The highest BCUT2D eigenvalue weighted by molar-refractivity contribution is 7.26. The molecule has 6 heterocycles. The lowest BCUT2D eigenvalue weighted by Crippen LogP contribution is -2.37. The molecule has 342 valence electrons. The summed E-state index contributed by atoms with van der Waals surface area (Å²) in [5.74, 6) is 2.30. The quantitative estimate of drug-likeness (QED) is 0.166. The number of benzene rings is 8. The van der Waals surface area contributed by atoms with E-state index in [1.165, 1.54) is 80.9 Å². The first-order valence-electron chi connectivity index (χ1n) is 25.2. The zero-order valence-electron chi connectivity index (χ0n) is 40.1. The summed E-state index contributed by atoms with van der Waals surface area (Å²) in [6.07, 6.45) is 4.78. The van der Waals surface area contributed by atoms with Crippen LogP contribution >= 0.6 is 11.3 Å². The molecule has 0 spiro atoms. The van der Waals surface area contributed by atoms with E-state index in [1.54, 1.807) is 0 Å². The summed E-state index contributed by atoms with van der Waals surface area (Å²) in [5.41, 5.74) is 16.5. The van der Waals surface area contributed by atoms with Crippen LogP contribution in [0.1, 0.15) is 56.6 Å². The third-order valence-electron chi connectivity index (χ3n) is 16.6. The summed E-state index contributed by atoms with van der Waals surface area (Å²) < 4.78 is 14.9. The molecule has 0 amide bonds. The van der Waals surface area contributed by atoms with Gasteiger partial charge in [-0.25, -0.2) is 15.0 Å². The average molecular weight is 944 g/mol. The number of hydrogen-bond donors (Lipinski definition) is 0. The highest BCUT2D eigenvalue weighted by Gasteiger charge is 2.47. The summed E-state index contributed by atoms with van der Waals surface area (Å²) in [5, 5.41) is 8.48. The monoisotopic (exact) mass is 943 g/mol. The van der Waals surface area contributed by atoms with Gasteiger partial charge in [0.2, 0.25) is 0 Å². The smallest absolute Gasteiger partial charge is 0.167 e. The van der Waals surface area contributed by atoms with Crippen LogP contribution in [0.4, 0.5) is 0 Å². The summed E-state index contributed by atoms with van der Waals surface area (Å²) >= 11 is 1.89. The van der Waals surface area contributed by atoms with Crippen LogP contribution in [0.5, 0.6) is 0 Å². The minimum atomic E-state index is -0.632. The van der Waals surface area contributed by atoms with E-state index in [9.17, 15) is 0 Å². The van der Waals surface area contributed by atoms with Gasteiger partial charge in [0.15, 0.2) is 17.2 Å². The summed E-state index contributed by atoms with van der Waals surface area (Å²) in [6.45, 7) is 9.55. The molecule has 4 unspecified atom stereocenters. The van der Waals surface area contributed by atoms with E-state index >= 15 is 0 Å². The molecule has 0 saturated heterocycles. The van der Waals surface area contributed by atoms with Crippen LogP contribution in [-0.4, -0.2) is 24.1 Å². The lowest BCUT2D eigenvalue weighted by Gasteiger charge is -2.44. The van der Waals surface area contributed by atoms with Crippen molar-refractivity contribution in [3.05, 3.63) is 210 Å². The first kappa shape index (κ1) is 40.4. The van der Waals surface area contributed by atoms with Crippen molar-refractivity contribution in [2.24, 2.45) is 5.92 Å². The van der Waals surface area contributed by atoms with E-state index in [0.717, 1.165) is 55.8 Å². The molecule has 0 fully saturated rings. The molecular weight excluding hydrogens is 899 g/mol. The number of rotatable bonds is 3. The number of para-hydroxylation sites is 3. The van der Waals surface area contributed by atoms with Gasteiger partial charge < -0.3 is 13.6 Å². The van der Waals surface area contributed by atoms with E-state index in [4.69, 9.17) is 19.4 Å². The predicted octanol–water partition coefficient (Wildman–Crippen LogP) is 17.2. The zero-order chi connectivity index (χ0) is 47.7. The Morgan fingerprint density at radius 1 is 0.528 bits per heavy atom. The minimum absolute atomic E-state index is 0.00961. The summed E-state index contributed by atoms with van der Waals surface area (Å²) in [7, 11) is 0. The standard InChI is InChI=1S/C65H45N5OS/c1-35-31-32-65(4)57-37(3)58-56(36(2)55(35)57)49-34-40(69-50-24-10-8-17-42(50)48-33-39(27-29-51(48)69)41-19-12-22-46-43-18-9-11-26-54(43)72-61(41)46)28-30-52(49)70(58)53-25-14-21-45-44-20-13-23-47(59(44)71-60(45)53)63-66-62(67-64(65)68-63)38-15-6-5-7-16-38/h5-37H,1-4H3. The molecule has 3 aliphatic rings. The Balaban J connectivity index is 0.967. The molecule has 6 nitrogen and oxygen atoms in total. The van der Waals surface area contributed by atoms with Crippen LogP contribution in [0, 0.1) is 5.92 Å². The Morgan fingerprint density at radius 2 is 1.22 bits per heavy atom. The number of thiophene rings is 1. The van der Waals surface area contributed by atoms with Gasteiger partial charge in [-0.1, -0.05) is 154 Å². The second-order valence-electron chi connectivity index (χ2n) is 20.5. The molecule has 1 aliphatic heterocycles. The van der Waals surface area contributed by atoms with Crippen molar-refractivity contribution >= 4 is 86.2 Å². The summed E-state index contributed by atoms with van der Waals surface area (Å²) in [6, 6.07) is 62.0. The number of fused-ring (bicyclic) bond motifs is 15. The molecule has 5 aromatic heterocycles. The van der Waals surface area contributed by atoms with Crippen LogP contribution in [0.2, 0.25) is 0 Å². The van der Waals surface area contributed by atoms with Gasteiger partial charge >= 0.3 is 0 Å². The van der Waals surface area contributed by atoms with Gasteiger partial charge in [-0.2, -0.15) is 0 Å². The van der Waals surface area contributed by atoms with Gasteiger partial charge in [-0.05, 0) is 89.7 Å². The van der Waals surface area contributed by atoms with Crippen molar-refractivity contribution in [2.45, 2.75) is 44.9 Å². The lowest BCUT2D eigenvalue weighted by atomic mass is 9.60. The van der Waals surface area contributed by atoms with E-state index in [-0.39, 0.29) is 17.8 Å². The largest absolute Gasteiger partial charge is 0.453 e. The van der Waals surface area contributed by atoms with Crippen LogP contribution < -0.4 is 0 Å². The van der Waals surface area contributed by atoms with Crippen LogP contribution in [-0.2, 0) is 5.41 Å². The zero-order valence-corrected chi connectivity index (χ0v) is 40.9. The molecule has 4 atom stereocenters. The van der Waals surface area contributed by atoms with Crippen molar-refractivity contribution in [3.63, 3.8) is 0 Å². The second kappa shape index (κ2) is 14.4. The maximum Gasteiger partial charge on any atom is 0.167 e. The van der Waals surface area contributed by atoms with Gasteiger partial charge in [-0.3, -0.25) is 0 Å². The van der Waals surface area contributed by atoms with Gasteiger partial charge in [0.1, 0.15) is 11.4 Å². The van der Waals surface area contributed by atoms with Crippen molar-refractivity contribution in [1.29, 1.82) is 0 Å². The first-order chi connectivity index (χ1) is 35.3. The summed E-state index contributed by atoms with van der Waals surface area (Å²) in [4.78, 5) is 16.2. The number of hydrogen-bond acceptors (Lipinski definition) is 5. The maximum atomic E-state index is 7.23. The highest BCUT2D eigenvalue weighted by atomic mass is 32.1. The van der Waals surface area contributed by atoms with Crippen LogP contribution in [0.15, 0.2) is 198 Å². The first-order valence-corrected chi connectivity index (χ1v) is 26.0. The van der Waals surface area contributed by atoms with E-state index in [2.05, 4.69) is 213 Å². The van der Waals surface area contributed by atoms with Crippen LogP contribution in [0.25, 0.3) is 120 Å². The van der Waals surface area contributed by atoms with Crippen molar-refractivity contribution in [1.82, 2.24) is 24.1 Å². The second-order valence-corrected chi connectivity index (χ2v) is 21.5. The fourth-order valence-electron chi connectivity index (χ4n) is 13.5. The molecule has 7 heteroatoms. The Morgan fingerprint density at radius 3 is 2.10 bits per heavy atom.